The summed E-state index contributed by atoms with van der Waals surface area (Å²) >= 11 is 5.83. The number of nitro groups is 1. The van der Waals surface area contributed by atoms with Crippen molar-refractivity contribution in [3.05, 3.63) is 46.0 Å². The Morgan fingerprint density at radius 2 is 2.12 bits per heavy atom. The molecule has 4 nitrogen and oxygen atoms in total. The molecule has 0 atom stereocenters. The standard InChI is InChI=1S/C11H11ClN2O2/c12-13-7-5-9(6-8-13)10-3-1-2-4-11(10)14(15)16/h1-5H,6-8H2. The van der Waals surface area contributed by atoms with Gasteiger partial charge in [0.05, 0.1) is 10.5 Å². The van der Waals surface area contributed by atoms with E-state index in [2.05, 4.69) is 0 Å². The lowest BCUT2D eigenvalue weighted by Crippen LogP contribution is -2.18. The minimum absolute atomic E-state index is 0.164. The fourth-order valence-corrected chi connectivity index (χ4v) is 1.95. The van der Waals surface area contributed by atoms with Gasteiger partial charge in [0.25, 0.3) is 5.69 Å². The molecule has 1 aliphatic rings. The van der Waals surface area contributed by atoms with E-state index >= 15 is 0 Å². The van der Waals surface area contributed by atoms with Crippen LogP contribution in [0, 0.1) is 10.1 Å². The third kappa shape index (κ3) is 2.23. The topological polar surface area (TPSA) is 46.4 Å². The van der Waals surface area contributed by atoms with E-state index in [1.54, 1.807) is 16.6 Å². The van der Waals surface area contributed by atoms with Crippen LogP contribution in [0.4, 0.5) is 5.69 Å². The quantitative estimate of drug-likeness (QED) is 0.452. The zero-order chi connectivity index (χ0) is 11.5. The molecule has 0 unspecified atom stereocenters. The number of benzene rings is 1. The molecule has 84 valence electrons. The number of halogens is 1. The fourth-order valence-electron chi connectivity index (χ4n) is 1.79. The second kappa shape index (κ2) is 4.63. The lowest BCUT2D eigenvalue weighted by Gasteiger charge is -2.19. The third-order valence-corrected chi connectivity index (χ3v) is 2.91. The first-order chi connectivity index (χ1) is 7.68. The summed E-state index contributed by atoms with van der Waals surface area (Å²) < 4.78 is 1.66. The summed E-state index contributed by atoms with van der Waals surface area (Å²) in [4.78, 5) is 10.5. The molecule has 0 aromatic heterocycles. The van der Waals surface area contributed by atoms with Crippen LogP contribution in [0.1, 0.15) is 12.0 Å². The minimum Gasteiger partial charge on any atom is -0.258 e. The Morgan fingerprint density at radius 1 is 1.38 bits per heavy atom. The Bertz CT molecular complexity index is 445. The van der Waals surface area contributed by atoms with Gasteiger partial charge in [-0.25, -0.2) is 4.42 Å². The third-order valence-electron chi connectivity index (χ3n) is 2.61. The summed E-state index contributed by atoms with van der Waals surface area (Å²) in [6.07, 6.45) is 2.69. The highest BCUT2D eigenvalue weighted by Crippen LogP contribution is 2.30. The molecule has 0 spiro atoms. The van der Waals surface area contributed by atoms with E-state index in [1.165, 1.54) is 6.07 Å². The Balaban J connectivity index is 2.37. The van der Waals surface area contributed by atoms with Crippen LogP contribution in [0.5, 0.6) is 0 Å². The maximum absolute atomic E-state index is 10.9. The summed E-state index contributed by atoms with van der Waals surface area (Å²) in [6.45, 7) is 1.35. The van der Waals surface area contributed by atoms with Crippen molar-refractivity contribution in [2.45, 2.75) is 6.42 Å². The van der Waals surface area contributed by atoms with Gasteiger partial charge in [-0.15, -0.1) is 0 Å². The Morgan fingerprint density at radius 3 is 2.75 bits per heavy atom. The molecule has 0 radical (unpaired) electrons. The van der Waals surface area contributed by atoms with Gasteiger partial charge in [-0.05, 0) is 29.8 Å². The smallest absolute Gasteiger partial charge is 0.258 e. The zero-order valence-corrected chi connectivity index (χ0v) is 9.35. The van der Waals surface area contributed by atoms with E-state index in [1.807, 2.05) is 12.1 Å². The first-order valence-electron chi connectivity index (χ1n) is 5.02. The largest absolute Gasteiger partial charge is 0.276 e. The number of para-hydroxylation sites is 1. The van der Waals surface area contributed by atoms with Gasteiger partial charge in [-0.1, -0.05) is 18.2 Å². The molecule has 0 aliphatic carbocycles. The van der Waals surface area contributed by atoms with Gasteiger partial charge in [-0.2, -0.15) is 0 Å². The van der Waals surface area contributed by atoms with Crippen molar-refractivity contribution in [3.63, 3.8) is 0 Å². The average Bonchev–Trinajstić information content (AvgIpc) is 2.30. The van der Waals surface area contributed by atoms with Crippen molar-refractivity contribution in [1.82, 2.24) is 4.42 Å². The van der Waals surface area contributed by atoms with Crippen molar-refractivity contribution >= 4 is 23.0 Å². The monoisotopic (exact) mass is 238 g/mol. The highest BCUT2D eigenvalue weighted by atomic mass is 35.5. The molecular formula is C11H11ClN2O2. The Labute approximate surface area is 98.4 Å². The van der Waals surface area contributed by atoms with Gasteiger partial charge in [0.2, 0.25) is 0 Å². The summed E-state index contributed by atoms with van der Waals surface area (Å²) in [7, 11) is 0. The number of nitro benzene ring substituents is 1. The number of hydrogen-bond acceptors (Lipinski definition) is 3. The SMILES string of the molecule is O=[N+]([O-])c1ccccc1C1=CCN(Cl)CC1. The van der Waals surface area contributed by atoms with Crippen LogP contribution < -0.4 is 0 Å². The van der Waals surface area contributed by atoms with E-state index < -0.39 is 0 Å². The van der Waals surface area contributed by atoms with Crippen LogP contribution in [0.2, 0.25) is 0 Å². The van der Waals surface area contributed by atoms with Crippen LogP contribution in [0.25, 0.3) is 5.57 Å². The molecule has 2 rings (SSSR count). The summed E-state index contributed by atoms with van der Waals surface area (Å²) in [6, 6.07) is 6.81. The Hall–Kier alpha value is -1.39. The van der Waals surface area contributed by atoms with Crippen molar-refractivity contribution in [3.8, 4) is 0 Å². The fraction of sp³-hybridized carbons (Fsp3) is 0.273. The zero-order valence-electron chi connectivity index (χ0n) is 8.60. The molecule has 0 amide bonds. The molecule has 0 saturated heterocycles. The van der Waals surface area contributed by atoms with Gasteiger partial charge in [0, 0.05) is 19.2 Å². The summed E-state index contributed by atoms with van der Waals surface area (Å²) in [5.41, 5.74) is 1.87. The second-order valence-electron chi connectivity index (χ2n) is 3.62. The molecule has 1 aromatic rings. The van der Waals surface area contributed by atoms with Crippen LogP contribution in [-0.2, 0) is 0 Å². The van der Waals surface area contributed by atoms with Gasteiger partial charge in [-0.3, -0.25) is 10.1 Å². The normalized spacial score (nSPS) is 16.9. The molecule has 1 aromatic carbocycles. The minimum atomic E-state index is -0.344. The summed E-state index contributed by atoms with van der Waals surface area (Å²) in [5, 5.41) is 10.9. The first-order valence-corrected chi connectivity index (χ1v) is 5.36. The van der Waals surface area contributed by atoms with Gasteiger partial charge in [0.1, 0.15) is 0 Å². The number of nitrogens with zero attached hydrogens (tertiary/aromatic N) is 2. The van der Waals surface area contributed by atoms with Crippen molar-refractivity contribution in [1.29, 1.82) is 0 Å². The number of hydrogen-bond donors (Lipinski definition) is 0. The highest BCUT2D eigenvalue weighted by molar-refractivity contribution is 6.13. The summed E-state index contributed by atoms with van der Waals surface area (Å²) in [5.74, 6) is 0. The van der Waals surface area contributed by atoms with Crippen LogP contribution in [-0.4, -0.2) is 22.4 Å². The van der Waals surface area contributed by atoms with E-state index in [0.29, 0.717) is 12.1 Å². The molecule has 0 bridgehead atoms. The molecule has 1 aliphatic heterocycles. The molecule has 1 heterocycles. The predicted molar refractivity (Wildman–Crippen MR) is 63.1 cm³/mol. The van der Waals surface area contributed by atoms with Crippen LogP contribution >= 0.6 is 11.8 Å². The van der Waals surface area contributed by atoms with Crippen LogP contribution in [0.15, 0.2) is 30.3 Å². The lowest BCUT2D eigenvalue weighted by atomic mass is 9.99. The molecule has 5 heteroatoms. The average molecular weight is 239 g/mol. The van der Waals surface area contributed by atoms with Crippen molar-refractivity contribution in [2.75, 3.05) is 13.1 Å². The molecule has 0 N–H and O–H groups in total. The second-order valence-corrected chi connectivity index (χ2v) is 4.10. The molecule has 0 fully saturated rings. The highest BCUT2D eigenvalue weighted by Gasteiger charge is 2.18. The van der Waals surface area contributed by atoms with Gasteiger partial charge < -0.3 is 0 Å². The maximum atomic E-state index is 10.9. The van der Waals surface area contributed by atoms with E-state index in [0.717, 1.165) is 18.5 Å². The molecule has 0 saturated carbocycles. The molecule has 16 heavy (non-hydrogen) atoms. The Kier molecular flexibility index (Phi) is 3.22. The maximum Gasteiger partial charge on any atom is 0.276 e. The van der Waals surface area contributed by atoms with Crippen molar-refractivity contribution < 1.29 is 4.92 Å². The van der Waals surface area contributed by atoms with Gasteiger partial charge >= 0.3 is 0 Å². The van der Waals surface area contributed by atoms with Gasteiger partial charge in [0.15, 0.2) is 0 Å². The van der Waals surface area contributed by atoms with E-state index in [9.17, 15) is 10.1 Å². The van der Waals surface area contributed by atoms with Crippen molar-refractivity contribution in [2.24, 2.45) is 0 Å². The van der Waals surface area contributed by atoms with Crippen LogP contribution in [0.3, 0.4) is 0 Å². The van der Waals surface area contributed by atoms with E-state index in [-0.39, 0.29) is 10.6 Å². The first kappa shape index (κ1) is 11.1. The lowest BCUT2D eigenvalue weighted by molar-refractivity contribution is -0.385. The van der Waals surface area contributed by atoms with E-state index in [4.69, 9.17) is 11.8 Å². The molecular weight excluding hydrogens is 228 g/mol. The number of rotatable bonds is 2. The predicted octanol–water partition coefficient (Wildman–Crippen LogP) is 2.84.